The number of amides is 1. The fraction of sp³-hybridized carbons (Fsp3) is 0.364. The Hall–Kier alpha value is -1.13. The number of hydrogen-bond donors (Lipinski definition) is 2. The molecular formula is C11H17N2O3PS. The minimum absolute atomic E-state index is 0.105. The van der Waals surface area contributed by atoms with E-state index in [0.29, 0.717) is 5.69 Å². The van der Waals surface area contributed by atoms with Crippen molar-refractivity contribution in [1.29, 1.82) is 0 Å². The van der Waals surface area contributed by atoms with Crippen LogP contribution < -0.4 is 15.3 Å². The summed E-state index contributed by atoms with van der Waals surface area (Å²) < 4.78 is 24.7. The molecule has 0 aromatic heterocycles. The second-order valence-corrected chi connectivity index (χ2v) is 6.51. The predicted molar refractivity (Wildman–Crippen MR) is 76.5 cm³/mol. The summed E-state index contributed by atoms with van der Waals surface area (Å²) in [7, 11) is -0.811. The maximum atomic E-state index is 11.1. The molecule has 0 aliphatic rings. The van der Waals surface area contributed by atoms with Crippen LogP contribution in [-0.2, 0) is 14.8 Å². The summed E-state index contributed by atoms with van der Waals surface area (Å²) in [6.45, 7) is 3.32. The minimum atomic E-state index is -3.28. The van der Waals surface area contributed by atoms with E-state index in [9.17, 15) is 13.2 Å². The highest BCUT2D eigenvalue weighted by Crippen LogP contribution is 2.17. The first kappa shape index (κ1) is 14.9. The Bertz CT molecular complexity index is 557. The Morgan fingerprint density at radius 2 is 2.00 bits per heavy atom. The average Bonchev–Trinajstić information content (AvgIpc) is 2.18. The molecule has 2 N–H and O–H groups in total. The van der Waals surface area contributed by atoms with E-state index in [2.05, 4.69) is 19.3 Å². The number of nitrogens with one attached hydrogen (secondary N) is 2. The third kappa shape index (κ3) is 4.63. The molecule has 0 heterocycles. The van der Waals surface area contributed by atoms with Gasteiger partial charge in [0.2, 0.25) is 15.9 Å². The zero-order valence-corrected chi connectivity index (χ0v) is 12.5. The lowest BCUT2D eigenvalue weighted by atomic mass is 10.1. The van der Waals surface area contributed by atoms with Gasteiger partial charge < -0.3 is 5.32 Å². The van der Waals surface area contributed by atoms with Gasteiger partial charge in [0.1, 0.15) is 0 Å². The topological polar surface area (TPSA) is 75.3 Å². The first-order valence-electron chi connectivity index (χ1n) is 5.33. The van der Waals surface area contributed by atoms with Crippen molar-refractivity contribution >= 4 is 36.2 Å². The highest BCUT2D eigenvalue weighted by Gasteiger charge is 2.10. The smallest absolute Gasteiger partial charge is 0.229 e. The first-order chi connectivity index (χ1) is 8.19. The van der Waals surface area contributed by atoms with Gasteiger partial charge in [-0.3, -0.25) is 9.52 Å². The molecule has 18 heavy (non-hydrogen) atoms. The lowest BCUT2D eigenvalue weighted by Crippen LogP contribution is -2.24. The highest BCUT2D eigenvalue weighted by molar-refractivity contribution is 7.92. The van der Waals surface area contributed by atoms with E-state index in [4.69, 9.17) is 0 Å². The molecule has 2 atom stereocenters. The van der Waals surface area contributed by atoms with Crippen molar-refractivity contribution in [2.75, 3.05) is 11.0 Å². The molecule has 100 valence electrons. The molecule has 0 radical (unpaired) electrons. The van der Waals surface area contributed by atoms with Gasteiger partial charge in [-0.15, -0.1) is 9.24 Å². The molecule has 1 amide bonds. The molecule has 0 aliphatic carbocycles. The molecule has 0 saturated carbocycles. The van der Waals surface area contributed by atoms with Crippen molar-refractivity contribution in [3.63, 3.8) is 0 Å². The zero-order chi connectivity index (χ0) is 13.9. The summed E-state index contributed by atoms with van der Waals surface area (Å²) in [6, 6.07) is 5.16. The highest BCUT2D eigenvalue weighted by atomic mass is 32.2. The van der Waals surface area contributed by atoms with Crippen LogP contribution in [0.15, 0.2) is 18.2 Å². The summed E-state index contributed by atoms with van der Waals surface area (Å²) in [5.74, 6) is -0.105. The Labute approximate surface area is 110 Å². The van der Waals surface area contributed by atoms with Gasteiger partial charge >= 0.3 is 0 Å². The van der Waals surface area contributed by atoms with Crippen LogP contribution in [0.3, 0.4) is 0 Å². The number of rotatable bonds is 4. The molecule has 0 bridgehead atoms. The Balaban J connectivity index is 2.95. The van der Waals surface area contributed by atoms with Gasteiger partial charge in [0, 0.05) is 6.92 Å². The molecule has 2 unspecified atom stereocenters. The second kappa shape index (κ2) is 5.67. The van der Waals surface area contributed by atoms with Crippen molar-refractivity contribution in [2.45, 2.75) is 19.9 Å². The summed E-state index contributed by atoms with van der Waals surface area (Å²) in [4.78, 5) is 11.0. The van der Waals surface area contributed by atoms with E-state index in [-0.39, 0.29) is 11.9 Å². The molecule has 5 nitrogen and oxygen atoms in total. The normalized spacial score (nSPS) is 12.9. The van der Waals surface area contributed by atoms with Crippen molar-refractivity contribution in [3.05, 3.63) is 23.8 Å². The molecule has 0 saturated heterocycles. The largest absolute Gasteiger partial charge is 0.350 e. The molecule has 1 aromatic rings. The Morgan fingerprint density at radius 1 is 1.39 bits per heavy atom. The fourth-order valence-electron chi connectivity index (χ4n) is 1.53. The van der Waals surface area contributed by atoms with Gasteiger partial charge in [0.15, 0.2) is 0 Å². The summed E-state index contributed by atoms with van der Waals surface area (Å²) in [5, 5.41) is 3.50. The molecule has 1 rings (SSSR count). The van der Waals surface area contributed by atoms with Gasteiger partial charge in [-0.05, 0) is 29.9 Å². The van der Waals surface area contributed by atoms with Crippen molar-refractivity contribution in [2.24, 2.45) is 0 Å². The van der Waals surface area contributed by atoms with Gasteiger partial charge in [0.25, 0.3) is 0 Å². The lowest BCUT2D eigenvalue weighted by molar-refractivity contribution is -0.119. The van der Waals surface area contributed by atoms with E-state index in [0.717, 1.165) is 17.1 Å². The maximum absolute atomic E-state index is 11.1. The lowest BCUT2D eigenvalue weighted by Gasteiger charge is -2.15. The molecule has 7 heteroatoms. The summed E-state index contributed by atoms with van der Waals surface area (Å²) in [6.07, 6.45) is 1.10. The van der Waals surface area contributed by atoms with E-state index < -0.39 is 10.0 Å². The van der Waals surface area contributed by atoms with Crippen LogP contribution in [0.4, 0.5) is 5.69 Å². The third-order valence-corrected chi connectivity index (χ3v) is 3.36. The van der Waals surface area contributed by atoms with E-state index in [1.807, 2.05) is 13.0 Å². The van der Waals surface area contributed by atoms with E-state index in [1.54, 1.807) is 12.1 Å². The zero-order valence-electron chi connectivity index (χ0n) is 10.5. The standard InChI is InChI=1S/C11H17N2O3PS/c1-7(12-8(2)14)9-4-5-10(11(17)6-9)13-18(3,15)16/h4-7,13H,17H2,1-3H3,(H,12,14). The van der Waals surface area contributed by atoms with Crippen molar-refractivity contribution in [3.8, 4) is 0 Å². The van der Waals surface area contributed by atoms with Crippen molar-refractivity contribution in [1.82, 2.24) is 5.32 Å². The summed E-state index contributed by atoms with van der Waals surface area (Å²) >= 11 is 0. The number of carbonyl (C=O) groups excluding carboxylic acids is 1. The van der Waals surface area contributed by atoms with Crippen molar-refractivity contribution < 1.29 is 13.2 Å². The number of benzene rings is 1. The van der Waals surface area contributed by atoms with Crippen LogP contribution in [0.25, 0.3) is 0 Å². The van der Waals surface area contributed by atoms with Crippen LogP contribution in [0.5, 0.6) is 0 Å². The number of anilines is 1. The van der Waals surface area contributed by atoms with Crippen LogP contribution in [0, 0.1) is 0 Å². The number of carbonyl (C=O) groups is 1. The molecule has 0 aliphatic heterocycles. The third-order valence-electron chi connectivity index (χ3n) is 2.29. The van der Waals surface area contributed by atoms with Crippen LogP contribution in [0.2, 0.25) is 0 Å². The van der Waals surface area contributed by atoms with E-state index >= 15 is 0 Å². The van der Waals surface area contributed by atoms with Gasteiger partial charge in [-0.2, -0.15) is 0 Å². The van der Waals surface area contributed by atoms with Gasteiger partial charge in [-0.25, -0.2) is 8.42 Å². The maximum Gasteiger partial charge on any atom is 0.229 e. The SMILES string of the molecule is CC(=O)NC(C)c1ccc(NS(C)(=O)=O)c(P)c1. The monoisotopic (exact) mass is 288 g/mol. The number of sulfonamides is 1. The molecule has 0 spiro atoms. The van der Waals surface area contributed by atoms with Gasteiger partial charge in [0.05, 0.1) is 18.0 Å². The molecule has 0 fully saturated rings. The van der Waals surface area contributed by atoms with E-state index in [1.165, 1.54) is 6.92 Å². The van der Waals surface area contributed by atoms with Gasteiger partial charge in [-0.1, -0.05) is 6.07 Å². The quantitative estimate of drug-likeness (QED) is 0.803. The van der Waals surface area contributed by atoms with Crippen LogP contribution in [0.1, 0.15) is 25.5 Å². The van der Waals surface area contributed by atoms with Crippen LogP contribution >= 0.6 is 9.24 Å². The minimum Gasteiger partial charge on any atom is -0.350 e. The molecular weight excluding hydrogens is 271 g/mol. The first-order valence-corrected chi connectivity index (χ1v) is 7.80. The summed E-state index contributed by atoms with van der Waals surface area (Å²) in [5.41, 5.74) is 1.43. The predicted octanol–water partition coefficient (Wildman–Crippen LogP) is 0.756. The van der Waals surface area contributed by atoms with Crippen LogP contribution in [-0.4, -0.2) is 20.6 Å². The number of hydrogen-bond acceptors (Lipinski definition) is 3. The average molecular weight is 288 g/mol. The Morgan fingerprint density at radius 3 is 2.44 bits per heavy atom. The Kier molecular flexibility index (Phi) is 4.71. The fourth-order valence-corrected chi connectivity index (χ4v) is 2.58. The molecule has 1 aromatic carbocycles. The second-order valence-electron chi connectivity index (χ2n) is 4.14.